The molecule has 2 heterocycles. The van der Waals surface area contributed by atoms with Crippen LogP contribution in [-0.2, 0) is 0 Å². The van der Waals surface area contributed by atoms with E-state index in [-0.39, 0.29) is 0 Å². The van der Waals surface area contributed by atoms with Crippen LogP contribution in [0.25, 0.3) is 21.5 Å². The summed E-state index contributed by atoms with van der Waals surface area (Å²) in [4.78, 5) is 7.57. The molecule has 4 aromatic carbocycles. The molecule has 0 saturated carbocycles. The minimum Gasteiger partial charge on any atom is -0.507 e. The van der Waals surface area contributed by atoms with Gasteiger partial charge in [0.2, 0.25) is 0 Å². The number of pyridine rings is 2. The van der Waals surface area contributed by atoms with Crippen LogP contribution < -0.4 is 4.74 Å². The number of nitrogens with zero attached hydrogens (tertiary/aromatic N) is 2. The van der Waals surface area contributed by atoms with Gasteiger partial charge in [0.15, 0.2) is 0 Å². The van der Waals surface area contributed by atoms with Gasteiger partial charge in [-0.1, -0.05) is 114 Å². The topological polar surface area (TPSA) is 55.2 Å². The first-order chi connectivity index (χ1) is 21.1. The average molecular weight is 579 g/mol. The number of methoxy groups -OCH3 is 1. The summed E-state index contributed by atoms with van der Waals surface area (Å²) in [6, 6.07) is 35.3. The molecule has 43 heavy (non-hydrogen) atoms. The van der Waals surface area contributed by atoms with E-state index in [1.807, 2.05) is 127 Å². The Labute approximate surface area is 260 Å². The maximum absolute atomic E-state index is 9.50. The number of aryl methyl sites for hydroxylation is 2. The number of aromatic nitrogens is 2. The third kappa shape index (κ3) is 14.2. The SMILES string of the molecule is CC.CC.CC.COc1ccc(C)c2ccccc12.Cc1ccc(O)c2ccccc12.c1ccncc1.c1ccncc1. The molecule has 0 amide bonds. The van der Waals surface area contributed by atoms with Crippen LogP contribution in [0, 0.1) is 13.8 Å². The molecule has 6 rings (SSSR count). The van der Waals surface area contributed by atoms with E-state index in [1.54, 1.807) is 38.0 Å². The van der Waals surface area contributed by atoms with Crippen LogP contribution in [0.4, 0.5) is 0 Å². The smallest absolute Gasteiger partial charge is 0.126 e. The highest BCUT2D eigenvalue weighted by Crippen LogP contribution is 2.28. The first kappa shape index (κ1) is 38.3. The Hall–Kier alpha value is -4.70. The Balaban J connectivity index is 0.000000539. The standard InChI is InChI=1S/C12H12O.C11H10O.2C5H5N.3C2H6/c1-9-7-8-12(13-2)11-6-4-3-5-10(9)11;1-8-6-7-11(12)10-5-3-2-4-9(8)10;2*1-2-4-6-5-3-1;3*1-2/h3-8H,1-2H3;2-7,12H,1H3;2*1-5H;3*1-2H3. The van der Waals surface area contributed by atoms with Gasteiger partial charge in [-0.15, -0.1) is 0 Å². The summed E-state index contributed by atoms with van der Waals surface area (Å²) >= 11 is 0. The van der Waals surface area contributed by atoms with Crippen molar-refractivity contribution in [2.75, 3.05) is 7.11 Å². The summed E-state index contributed by atoms with van der Waals surface area (Å²) in [5.74, 6) is 1.30. The normalized spacial score (nSPS) is 8.67. The Morgan fingerprint density at radius 3 is 1.16 bits per heavy atom. The lowest BCUT2D eigenvalue weighted by Crippen LogP contribution is -1.86. The number of phenolic OH excluding ortho intramolecular Hbond substituents is 1. The molecule has 6 aromatic rings. The first-order valence-electron chi connectivity index (χ1n) is 15.0. The number of rotatable bonds is 1. The first-order valence-corrected chi connectivity index (χ1v) is 15.0. The van der Waals surface area contributed by atoms with Crippen molar-refractivity contribution in [3.8, 4) is 11.5 Å². The van der Waals surface area contributed by atoms with Gasteiger partial charge < -0.3 is 9.84 Å². The Bertz CT molecular complexity index is 1360. The quantitative estimate of drug-likeness (QED) is 0.211. The van der Waals surface area contributed by atoms with Crippen molar-refractivity contribution in [1.29, 1.82) is 0 Å². The molecule has 0 radical (unpaired) electrons. The fourth-order valence-corrected chi connectivity index (χ4v) is 3.66. The molecule has 0 aliphatic rings. The molecule has 0 aliphatic carbocycles. The fourth-order valence-electron chi connectivity index (χ4n) is 3.66. The van der Waals surface area contributed by atoms with E-state index < -0.39 is 0 Å². The van der Waals surface area contributed by atoms with Gasteiger partial charge in [-0.05, 0) is 72.1 Å². The van der Waals surface area contributed by atoms with Gasteiger partial charge in [0.1, 0.15) is 11.5 Å². The number of fused-ring (bicyclic) bond motifs is 2. The van der Waals surface area contributed by atoms with Crippen molar-refractivity contribution < 1.29 is 9.84 Å². The Morgan fingerprint density at radius 1 is 0.442 bits per heavy atom. The maximum Gasteiger partial charge on any atom is 0.126 e. The second kappa shape index (κ2) is 25.0. The van der Waals surface area contributed by atoms with Gasteiger partial charge in [0, 0.05) is 35.6 Å². The summed E-state index contributed by atoms with van der Waals surface area (Å²) in [7, 11) is 1.71. The van der Waals surface area contributed by atoms with Crippen molar-refractivity contribution in [3.63, 3.8) is 0 Å². The molecule has 228 valence electrons. The molecule has 0 saturated heterocycles. The summed E-state index contributed by atoms with van der Waals surface area (Å²) in [6.07, 6.45) is 7.00. The second-order valence-electron chi connectivity index (χ2n) is 8.13. The van der Waals surface area contributed by atoms with Crippen LogP contribution >= 0.6 is 0 Å². The molecule has 0 fully saturated rings. The molecule has 0 bridgehead atoms. The monoisotopic (exact) mass is 578 g/mol. The fraction of sp³-hybridized carbons (Fsp3) is 0.231. The van der Waals surface area contributed by atoms with Crippen LogP contribution in [0.1, 0.15) is 52.7 Å². The van der Waals surface area contributed by atoms with Gasteiger partial charge >= 0.3 is 0 Å². The van der Waals surface area contributed by atoms with Gasteiger partial charge in [-0.25, -0.2) is 0 Å². The zero-order chi connectivity index (χ0) is 32.3. The maximum atomic E-state index is 9.50. The van der Waals surface area contributed by atoms with Gasteiger partial charge in [-0.2, -0.15) is 0 Å². The van der Waals surface area contributed by atoms with E-state index in [0.29, 0.717) is 5.75 Å². The Kier molecular flexibility index (Phi) is 22.3. The molecule has 1 N–H and O–H groups in total. The lowest BCUT2D eigenvalue weighted by atomic mass is 10.1. The lowest BCUT2D eigenvalue weighted by molar-refractivity contribution is 0.420. The van der Waals surface area contributed by atoms with E-state index in [9.17, 15) is 5.11 Å². The molecular formula is C39H50N2O2. The van der Waals surface area contributed by atoms with Crippen molar-refractivity contribution in [2.45, 2.75) is 55.4 Å². The largest absolute Gasteiger partial charge is 0.507 e. The van der Waals surface area contributed by atoms with Gasteiger partial charge in [-0.3, -0.25) is 9.97 Å². The minimum absolute atomic E-state index is 0.358. The van der Waals surface area contributed by atoms with Gasteiger partial charge in [0.25, 0.3) is 0 Å². The number of benzene rings is 4. The van der Waals surface area contributed by atoms with E-state index in [0.717, 1.165) is 16.5 Å². The molecule has 4 heteroatoms. The molecule has 0 aliphatic heterocycles. The van der Waals surface area contributed by atoms with Crippen molar-refractivity contribution >= 4 is 21.5 Å². The van der Waals surface area contributed by atoms with Gasteiger partial charge in [0.05, 0.1) is 7.11 Å². The van der Waals surface area contributed by atoms with Crippen molar-refractivity contribution in [3.05, 3.63) is 145 Å². The third-order valence-corrected chi connectivity index (χ3v) is 5.57. The number of ether oxygens (including phenoxy) is 1. The number of hydrogen-bond donors (Lipinski definition) is 1. The predicted octanol–water partition coefficient (Wildman–Crippen LogP) is 11.3. The van der Waals surface area contributed by atoms with E-state index >= 15 is 0 Å². The number of hydrogen-bond acceptors (Lipinski definition) is 4. The van der Waals surface area contributed by atoms with Crippen molar-refractivity contribution in [2.24, 2.45) is 0 Å². The number of aromatic hydroxyl groups is 1. The molecule has 4 nitrogen and oxygen atoms in total. The summed E-state index contributed by atoms with van der Waals surface area (Å²) in [5.41, 5.74) is 2.49. The zero-order valence-electron chi connectivity index (χ0n) is 27.5. The molecule has 0 unspecified atom stereocenters. The van der Waals surface area contributed by atoms with Crippen LogP contribution in [0.2, 0.25) is 0 Å². The summed E-state index contributed by atoms with van der Waals surface area (Å²) < 4.78 is 5.28. The lowest BCUT2D eigenvalue weighted by Gasteiger charge is -2.06. The zero-order valence-corrected chi connectivity index (χ0v) is 27.5. The molecular weight excluding hydrogens is 528 g/mol. The summed E-state index contributed by atoms with van der Waals surface area (Å²) in [6.45, 7) is 16.2. The highest BCUT2D eigenvalue weighted by Gasteiger charge is 2.01. The Morgan fingerprint density at radius 2 is 0.814 bits per heavy atom. The van der Waals surface area contributed by atoms with Crippen LogP contribution in [0.15, 0.2) is 134 Å². The van der Waals surface area contributed by atoms with Crippen LogP contribution in [-0.4, -0.2) is 22.2 Å². The highest BCUT2D eigenvalue weighted by molar-refractivity contribution is 5.91. The van der Waals surface area contributed by atoms with E-state index in [2.05, 4.69) is 41.2 Å². The highest BCUT2D eigenvalue weighted by atomic mass is 16.5. The van der Waals surface area contributed by atoms with E-state index in [1.165, 1.54) is 21.9 Å². The van der Waals surface area contributed by atoms with E-state index in [4.69, 9.17) is 4.74 Å². The minimum atomic E-state index is 0.358. The predicted molar refractivity (Wildman–Crippen MR) is 188 cm³/mol. The summed E-state index contributed by atoms with van der Waals surface area (Å²) in [5, 5.41) is 14.0. The third-order valence-electron chi connectivity index (χ3n) is 5.57. The molecule has 0 spiro atoms. The second-order valence-corrected chi connectivity index (χ2v) is 8.13. The van der Waals surface area contributed by atoms with Crippen LogP contribution in [0.3, 0.4) is 0 Å². The molecule has 2 aromatic heterocycles. The number of phenols is 1. The van der Waals surface area contributed by atoms with Crippen molar-refractivity contribution in [1.82, 2.24) is 9.97 Å². The van der Waals surface area contributed by atoms with Crippen LogP contribution in [0.5, 0.6) is 11.5 Å². The average Bonchev–Trinajstić information content (AvgIpc) is 3.12. The molecule has 0 atom stereocenters.